The van der Waals surface area contributed by atoms with Crippen LogP contribution in [-0.4, -0.2) is 42.5 Å². The number of anilines is 1. The molecule has 7 heteroatoms. The van der Waals surface area contributed by atoms with Crippen molar-refractivity contribution in [3.05, 3.63) is 54.5 Å². The van der Waals surface area contributed by atoms with Crippen molar-refractivity contribution in [2.24, 2.45) is 0 Å². The zero-order valence-electron chi connectivity index (χ0n) is 16.2. The van der Waals surface area contributed by atoms with Crippen LogP contribution < -0.4 is 16.0 Å². The van der Waals surface area contributed by atoms with Crippen LogP contribution in [0.25, 0.3) is 0 Å². The number of rotatable bonds is 7. The molecule has 2 aromatic rings. The highest BCUT2D eigenvalue weighted by atomic mass is 16.3. The number of furan rings is 1. The molecule has 3 N–H and O–H groups in total. The second kappa shape index (κ2) is 9.94. The quantitative estimate of drug-likeness (QED) is 0.684. The molecule has 0 bridgehead atoms. The lowest BCUT2D eigenvalue weighted by atomic mass is 10.0. The molecule has 0 aliphatic carbocycles. The van der Waals surface area contributed by atoms with Gasteiger partial charge in [0.1, 0.15) is 5.76 Å². The molecule has 0 radical (unpaired) electrons. The summed E-state index contributed by atoms with van der Waals surface area (Å²) in [5.74, 6) is 0.701. The molecule has 1 aliphatic heterocycles. The minimum Gasteiger partial charge on any atom is -0.467 e. The average molecular weight is 384 g/mol. The predicted octanol–water partition coefficient (Wildman–Crippen LogP) is 3.13. The molecule has 2 atom stereocenters. The monoisotopic (exact) mass is 384 g/mol. The first-order valence-corrected chi connectivity index (χ1v) is 9.78. The molecule has 7 nitrogen and oxygen atoms in total. The first kappa shape index (κ1) is 19.9. The van der Waals surface area contributed by atoms with Crippen LogP contribution in [0.15, 0.2) is 53.1 Å². The lowest BCUT2D eigenvalue weighted by molar-refractivity contribution is -0.123. The largest absolute Gasteiger partial charge is 0.467 e. The highest BCUT2D eigenvalue weighted by molar-refractivity contribution is 5.89. The predicted molar refractivity (Wildman–Crippen MR) is 108 cm³/mol. The minimum absolute atomic E-state index is 0.0375. The van der Waals surface area contributed by atoms with Gasteiger partial charge in [0, 0.05) is 18.3 Å². The number of carbonyl (C=O) groups excluding carboxylic acids is 2. The number of carbonyl (C=O) groups is 2. The average Bonchev–Trinajstić information content (AvgIpc) is 3.23. The Bertz CT molecular complexity index is 748. The number of nitrogens with one attached hydrogen (secondary N) is 3. The summed E-state index contributed by atoms with van der Waals surface area (Å²) in [4.78, 5) is 26.7. The van der Waals surface area contributed by atoms with Gasteiger partial charge < -0.3 is 20.4 Å². The van der Waals surface area contributed by atoms with E-state index < -0.39 is 0 Å². The Labute approximate surface area is 165 Å². The summed E-state index contributed by atoms with van der Waals surface area (Å²) >= 11 is 0. The SMILES string of the molecule is C[C@@H](NC(=O)CN1CCCC[C@H]1CNC(=O)Nc1ccccc1)c1ccco1. The van der Waals surface area contributed by atoms with E-state index in [1.807, 2.05) is 49.4 Å². The molecule has 3 amide bonds. The Hall–Kier alpha value is -2.80. The van der Waals surface area contributed by atoms with Crippen molar-refractivity contribution in [1.29, 1.82) is 0 Å². The molecule has 1 fully saturated rings. The van der Waals surface area contributed by atoms with Gasteiger partial charge in [0.2, 0.25) is 5.91 Å². The smallest absolute Gasteiger partial charge is 0.319 e. The van der Waals surface area contributed by atoms with Gasteiger partial charge in [-0.1, -0.05) is 24.6 Å². The van der Waals surface area contributed by atoms with Crippen LogP contribution in [0.3, 0.4) is 0 Å². The number of amides is 3. The van der Waals surface area contributed by atoms with Gasteiger partial charge in [-0.25, -0.2) is 4.79 Å². The number of nitrogens with zero attached hydrogens (tertiary/aromatic N) is 1. The maximum atomic E-state index is 12.4. The van der Waals surface area contributed by atoms with Crippen LogP contribution in [0.5, 0.6) is 0 Å². The van der Waals surface area contributed by atoms with E-state index >= 15 is 0 Å². The molecule has 0 unspecified atom stereocenters. The third-order valence-corrected chi connectivity index (χ3v) is 4.97. The van der Waals surface area contributed by atoms with E-state index in [9.17, 15) is 9.59 Å². The summed E-state index contributed by atoms with van der Waals surface area (Å²) in [7, 11) is 0. The fourth-order valence-corrected chi connectivity index (χ4v) is 3.49. The first-order valence-electron chi connectivity index (χ1n) is 9.78. The van der Waals surface area contributed by atoms with Crippen molar-refractivity contribution in [2.45, 2.75) is 38.3 Å². The van der Waals surface area contributed by atoms with Crippen molar-refractivity contribution in [1.82, 2.24) is 15.5 Å². The lowest BCUT2D eigenvalue weighted by Gasteiger charge is -2.35. The van der Waals surface area contributed by atoms with Crippen molar-refractivity contribution >= 4 is 17.6 Å². The molecule has 1 aromatic carbocycles. The standard InChI is InChI=1S/C21H28N4O3/c1-16(19-11-7-13-28-19)23-20(26)15-25-12-6-5-10-18(25)14-22-21(27)24-17-8-3-2-4-9-17/h2-4,7-9,11,13,16,18H,5-6,10,12,14-15H2,1H3,(H,23,26)(H2,22,24,27)/t16-,18+/m1/s1. The zero-order valence-corrected chi connectivity index (χ0v) is 16.2. The Balaban J connectivity index is 1.46. The van der Waals surface area contributed by atoms with Crippen LogP contribution >= 0.6 is 0 Å². The van der Waals surface area contributed by atoms with Gasteiger partial charge in [-0.15, -0.1) is 0 Å². The van der Waals surface area contributed by atoms with Crippen LogP contribution in [-0.2, 0) is 4.79 Å². The van der Waals surface area contributed by atoms with Crippen LogP contribution in [0.4, 0.5) is 10.5 Å². The Kier molecular flexibility index (Phi) is 7.08. The molecule has 1 aliphatic rings. The number of piperidine rings is 1. The van der Waals surface area contributed by atoms with Crippen molar-refractivity contribution < 1.29 is 14.0 Å². The fourth-order valence-electron chi connectivity index (χ4n) is 3.49. The molecule has 2 heterocycles. The maximum Gasteiger partial charge on any atom is 0.319 e. The van der Waals surface area contributed by atoms with E-state index in [1.54, 1.807) is 6.26 Å². The lowest BCUT2D eigenvalue weighted by Crippen LogP contribution is -2.50. The molecule has 1 aromatic heterocycles. The molecular formula is C21H28N4O3. The number of benzene rings is 1. The van der Waals surface area contributed by atoms with Gasteiger partial charge in [0.15, 0.2) is 0 Å². The summed E-state index contributed by atoms with van der Waals surface area (Å²) in [6, 6.07) is 12.8. The van der Waals surface area contributed by atoms with E-state index in [2.05, 4.69) is 20.9 Å². The second-order valence-electron chi connectivity index (χ2n) is 7.13. The summed E-state index contributed by atoms with van der Waals surface area (Å²) in [6.45, 7) is 3.59. The van der Waals surface area contributed by atoms with Gasteiger partial charge in [-0.2, -0.15) is 0 Å². The zero-order chi connectivity index (χ0) is 19.8. The maximum absolute atomic E-state index is 12.4. The van der Waals surface area contributed by atoms with Crippen LogP contribution in [0.2, 0.25) is 0 Å². The number of likely N-dealkylation sites (tertiary alicyclic amines) is 1. The van der Waals surface area contributed by atoms with Crippen LogP contribution in [0.1, 0.15) is 38.0 Å². The van der Waals surface area contributed by atoms with Gasteiger partial charge in [-0.05, 0) is 50.6 Å². The minimum atomic E-state index is -0.229. The number of urea groups is 1. The Morgan fingerprint density at radius 1 is 1.18 bits per heavy atom. The van der Waals surface area contributed by atoms with Gasteiger partial charge >= 0.3 is 6.03 Å². The molecule has 28 heavy (non-hydrogen) atoms. The summed E-state index contributed by atoms with van der Waals surface area (Å²) in [5.41, 5.74) is 0.756. The van der Waals surface area contributed by atoms with Crippen molar-refractivity contribution in [3.8, 4) is 0 Å². The third kappa shape index (κ3) is 5.85. The molecule has 0 saturated carbocycles. The molecule has 0 spiro atoms. The number of para-hydroxylation sites is 1. The molecule has 150 valence electrons. The Morgan fingerprint density at radius 3 is 2.75 bits per heavy atom. The van der Waals surface area contributed by atoms with E-state index in [-0.39, 0.29) is 24.0 Å². The summed E-state index contributed by atoms with van der Waals surface area (Å²) < 4.78 is 5.34. The van der Waals surface area contributed by atoms with Gasteiger partial charge in [-0.3, -0.25) is 9.69 Å². The molecule has 3 rings (SSSR count). The van der Waals surface area contributed by atoms with Crippen LogP contribution in [0, 0.1) is 0 Å². The van der Waals surface area contributed by atoms with Gasteiger partial charge in [0.05, 0.1) is 18.8 Å². The Morgan fingerprint density at radius 2 is 2.00 bits per heavy atom. The van der Waals surface area contributed by atoms with E-state index in [4.69, 9.17) is 4.42 Å². The highest BCUT2D eigenvalue weighted by Crippen LogP contribution is 2.17. The summed E-state index contributed by atoms with van der Waals surface area (Å²) in [5, 5.41) is 8.72. The van der Waals surface area contributed by atoms with E-state index in [0.717, 1.165) is 37.3 Å². The third-order valence-electron chi connectivity index (χ3n) is 4.97. The van der Waals surface area contributed by atoms with Gasteiger partial charge in [0.25, 0.3) is 0 Å². The van der Waals surface area contributed by atoms with Crippen molar-refractivity contribution in [2.75, 3.05) is 25.0 Å². The number of hydrogen-bond donors (Lipinski definition) is 3. The second-order valence-corrected chi connectivity index (χ2v) is 7.13. The summed E-state index contributed by atoms with van der Waals surface area (Å²) in [6.07, 6.45) is 4.73. The normalized spacial score (nSPS) is 18.2. The molecule has 1 saturated heterocycles. The topological polar surface area (TPSA) is 86.6 Å². The fraction of sp³-hybridized carbons (Fsp3) is 0.429. The highest BCUT2D eigenvalue weighted by Gasteiger charge is 2.25. The van der Waals surface area contributed by atoms with E-state index in [1.165, 1.54) is 0 Å². The van der Waals surface area contributed by atoms with Crippen molar-refractivity contribution in [3.63, 3.8) is 0 Å². The van der Waals surface area contributed by atoms with E-state index in [0.29, 0.717) is 13.1 Å². The first-order chi connectivity index (χ1) is 13.6. The number of hydrogen-bond acceptors (Lipinski definition) is 4. The molecular weight excluding hydrogens is 356 g/mol.